The van der Waals surface area contributed by atoms with E-state index < -0.39 is 11.7 Å². The molecular formula is C26H28F3N3O2. The number of alkyl halides is 3. The number of nitrogens with zero attached hydrogens (tertiary/aromatic N) is 3. The van der Waals surface area contributed by atoms with Gasteiger partial charge in [0.05, 0.1) is 23.8 Å². The van der Waals surface area contributed by atoms with E-state index in [1.807, 2.05) is 47.9 Å². The largest absolute Gasteiger partial charge is 0.417 e. The molecule has 1 amide bonds. The summed E-state index contributed by atoms with van der Waals surface area (Å²) in [6, 6.07) is 13.0. The van der Waals surface area contributed by atoms with E-state index in [-0.39, 0.29) is 22.8 Å². The molecule has 0 spiro atoms. The minimum absolute atomic E-state index is 0.0232. The van der Waals surface area contributed by atoms with Crippen LogP contribution in [-0.4, -0.2) is 50.2 Å². The summed E-state index contributed by atoms with van der Waals surface area (Å²) in [5.41, 5.74) is 0.555. The summed E-state index contributed by atoms with van der Waals surface area (Å²) in [6.07, 6.45) is -3.89. The molecule has 0 unspecified atom stereocenters. The molecule has 0 aromatic heterocycles. The second-order valence-corrected chi connectivity index (χ2v) is 9.29. The van der Waals surface area contributed by atoms with Crippen LogP contribution in [0.15, 0.2) is 42.5 Å². The number of halogens is 3. The van der Waals surface area contributed by atoms with Gasteiger partial charge in [0.15, 0.2) is 0 Å². The number of fused-ring (bicyclic) bond motifs is 1. The monoisotopic (exact) mass is 471 g/mol. The SMILES string of the molecule is CCOC[C@@]12CCN(C(=O)c3cccc(C)c3)C[C@@H]1CN(c1ccc(C#N)c(C(F)(F)F)c1)C2. The summed E-state index contributed by atoms with van der Waals surface area (Å²) in [6.45, 7) is 7.09. The van der Waals surface area contributed by atoms with E-state index in [4.69, 9.17) is 10.00 Å². The zero-order chi connectivity index (χ0) is 24.5. The van der Waals surface area contributed by atoms with Gasteiger partial charge >= 0.3 is 6.18 Å². The first-order chi connectivity index (χ1) is 16.2. The molecule has 0 aliphatic carbocycles. The van der Waals surface area contributed by atoms with E-state index in [0.29, 0.717) is 57.1 Å². The number of benzene rings is 2. The van der Waals surface area contributed by atoms with Crippen molar-refractivity contribution in [1.29, 1.82) is 5.26 Å². The Labute approximate surface area is 197 Å². The third-order valence-corrected chi connectivity index (χ3v) is 7.07. The number of carbonyl (C=O) groups is 1. The van der Waals surface area contributed by atoms with Crippen LogP contribution in [0.2, 0.25) is 0 Å². The van der Waals surface area contributed by atoms with Crippen LogP contribution in [0.1, 0.15) is 40.4 Å². The second-order valence-electron chi connectivity index (χ2n) is 9.29. The first-order valence-electron chi connectivity index (χ1n) is 11.5. The van der Waals surface area contributed by atoms with Crippen molar-refractivity contribution >= 4 is 11.6 Å². The summed E-state index contributed by atoms with van der Waals surface area (Å²) in [4.78, 5) is 17.0. The minimum atomic E-state index is -4.60. The maximum absolute atomic E-state index is 13.5. The first-order valence-corrected chi connectivity index (χ1v) is 11.5. The quantitative estimate of drug-likeness (QED) is 0.623. The number of hydrogen-bond donors (Lipinski definition) is 0. The molecular weight excluding hydrogens is 443 g/mol. The molecule has 0 bridgehead atoms. The van der Waals surface area contributed by atoms with Gasteiger partial charge in [-0.3, -0.25) is 4.79 Å². The molecule has 2 saturated heterocycles. The van der Waals surface area contributed by atoms with Gasteiger partial charge < -0.3 is 14.5 Å². The minimum Gasteiger partial charge on any atom is -0.381 e. The van der Waals surface area contributed by atoms with Gasteiger partial charge in [0.1, 0.15) is 0 Å². The molecule has 2 heterocycles. The topological polar surface area (TPSA) is 56.6 Å². The molecule has 5 nitrogen and oxygen atoms in total. The van der Waals surface area contributed by atoms with Crippen LogP contribution in [0.25, 0.3) is 0 Å². The Morgan fingerprint density at radius 1 is 1.24 bits per heavy atom. The van der Waals surface area contributed by atoms with Crippen molar-refractivity contribution < 1.29 is 22.7 Å². The standard InChI is InChI=1S/C26H28F3N3O2/c1-3-34-17-25-9-10-31(24(33)19-6-4-5-18(2)11-19)14-21(25)15-32(16-25)22-8-7-20(13-30)23(12-22)26(27,28)29/h4-8,11-12,21H,3,9-10,14-17H2,1-2H3/t21-,25+/m1/s1. The highest BCUT2D eigenvalue weighted by molar-refractivity contribution is 5.94. The van der Waals surface area contributed by atoms with Gasteiger partial charge in [-0.2, -0.15) is 18.4 Å². The lowest BCUT2D eigenvalue weighted by Crippen LogP contribution is -2.51. The Balaban J connectivity index is 1.60. The second kappa shape index (κ2) is 9.30. The number of hydrogen-bond acceptors (Lipinski definition) is 4. The summed E-state index contributed by atoms with van der Waals surface area (Å²) in [5.74, 6) is 0.0384. The zero-order valence-corrected chi connectivity index (χ0v) is 19.4. The number of anilines is 1. The number of rotatable bonds is 5. The van der Waals surface area contributed by atoms with E-state index in [1.54, 1.807) is 12.1 Å². The number of nitriles is 1. The highest BCUT2D eigenvalue weighted by Crippen LogP contribution is 2.45. The molecule has 2 fully saturated rings. The molecule has 8 heteroatoms. The van der Waals surface area contributed by atoms with Crippen LogP contribution >= 0.6 is 0 Å². The van der Waals surface area contributed by atoms with Crippen molar-refractivity contribution in [3.05, 3.63) is 64.7 Å². The van der Waals surface area contributed by atoms with Crippen molar-refractivity contribution in [2.24, 2.45) is 11.3 Å². The number of ether oxygens (including phenoxy) is 1. The van der Waals surface area contributed by atoms with Crippen molar-refractivity contribution in [3.63, 3.8) is 0 Å². The number of carbonyl (C=O) groups excluding carboxylic acids is 1. The molecule has 2 atom stereocenters. The van der Waals surface area contributed by atoms with Crippen molar-refractivity contribution in [1.82, 2.24) is 4.90 Å². The van der Waals surface area contributed by atoms with Gasteiger partial charge in [-0.25, -0.2) is 0 Å². The van der Waals surface area contributed by atoms with E-state index in [1.165, 1.54) is 6.07 Å². The van der Waals surface area contributed by atoms with E-state index >= 15 is 0 Å². The Morgan fingerprint density at radius 3 is 2.71 bits per heavy atom. The van der Waals surface area contributed by atoms with Gasteiger partial charge in [-0.05, 0) is 50.6 Å². The number of aryl methyl sites for hydroxylation is 1. The van der Waals surface area contributed by atoms with Gasteiger partial charge in [0.25, 0.3) is 5.91 Å². The third-order valence-electron chi connectivity index (χ3n) is 7.07. The number of amides is 1. The van der Waals surface area contributed by atoms with Crippen molar-refractivity contribution in [3.8, 4) is 6.07 Å². The van der Waals surface area contributed by atoms with E-state index in [9.17, 15) is 18.0 Å². The van der Waals surface area contributed by atoms with Gasteiger partial charge in [-0.15, -0.1) is 0 Å². The summed E-state index contributed by atoms with van der Waals surface area (Å²) >= 11 is 0. The maximum Gasteiger partial charge on any atom is 0.417 e. The summed E-state index contributed by atoms with van der Waals surface area (Å²) in [7, 11) is 0. The Kier molecular flexibility index (Phi) is 6.59. The molecule has 0 radical (unpaired) electrons. The summed E-state index contributed by atoms with van der Waals surface area (Å²) in [5, 5.41) is 9.12. The molecule has 0 N–H and O–H groups in total. The Morgan fingerprint density at radius 2 is 2.03 bits per heavy atom. The molecule has 180 valence electrons. The van der Waals surface area contributed by atoms with E-state index in [0.717, 1.165) is 11.6 Å². The van der Waals surface area contributed by atoms with Crippen LogP contribution in [-0.2, 0) is 10.9 Å². The van der Waals surface area contributed by atoms with Crippen molar-refractivity contribution in [2.75, 3.05) is 44.3 Å². The number of piperidine rings is 1. The normalized spacial score (nSPS) is 22.4. The Bertz CT molecular complexity index is 1110. The highest BCUT2D eigenvalue weighted by Gasteiger charge is 2.50. The molecule has 2 aliphatic heterocycles. The predicted molar refractivity (Wildman–Crippen MR) is 122 cm³/mol. The molecule has 4 rings (SSSR count). The fourth-order valence-corrected chi connectivity index (χ4v) is 5.23. The fraction of sp³-hybridized carbons (Fsp3) is 0.462. The molecule has 2 aromatic rings. The maximum atomic E-state index is 13.5. The zero-order valence-electron chi connectivity index (χ0n) is 19.4. The average molecular weight is 472 g/mol. The Hall–Kier alpha value is -3.05. The smallest absolute Gasteiger partial charge is 0.381 e. The lowest BCUT2D eigenvalue weighted by molar-refractivity contribution is -0.137. The summed E-state index contributed by atoms with van der Waals surface area (Å²) < 4.78 is 46.4. The van der Waals surface area contributed by atoms with E-state index in [2.05, 4.69) is 0 Å². The van der Waals surface area contributed by atoms with Gasteiger partial charge in [0, 0.05) is 55.4 Å². The first kappa shape index (κ1) is 24.1. The lowest BCUT2D eigenvalue weighted by Gasteiger charge is -2.43. The van der Waals surface area contributed by atoms with Crippen molar-refractivity contribution in [2.45, 2.75) is 26.4 Å². The van der Waals surface area contributed by atoms with Gasteiger partial charge in [-0.1, -0.05) is 17.7 Å². The molecule has 2 aliphatic rings. The van der Waals surface area contributed by atoms with Gasteiger partial charge in [0.2, 0.25) is 0 Å². The van der Waals surface area contributed by atoms with Crippen LogP contribution in [0.3, 0.4) is 0 Å². The van der Waals surface area contributed by atoms with Crippen LogP contribution in [0.4, 0.5) is 18.9 Å². The molecule has 0 saturated carbocycles. The lowest BCUT2D eigenvalue weighted by atomic mass is 9.73. The fourth-order valence-electron chi connectivity index (χ4n) is 5.23. The molecule has 2 aromatic carbocycles. The highest BCUT2D eigenvalue weighted by atomic mass is 19.4. The van der Waals surface area contributed by atoms with Crippen LogP contribution in [0, 0.1) is 29.6 Å². The van der Waals surface area contributed by atoms with Crippen LogP contribution in [0.5, 0.6) is 0 Å². The average Bonchev–Trinajstić information content (AvgIpc) is 3.20. The third kappa shape index (κ3) is 4.62. The van der Waals surface area contributed by atoms with Crippen LogP contribution < -0.4 is 4.90 Å². The predicted octanol–water partition coefficient (Wildman–Crippen LogP) is 4.89. The molecule has 34 heavy (non-hydrogen) atoms. The number of likely N-dealkylation sites (tertiary alicyclic amines) is 1.